The number of carbonyl (C=O) groups excluding carboxylic acids is 4. The molecular formula is C32H44O19. The van der Waals surface area contributed by atoms with Crippen LogP contribution >= 0.6 is 0 Å². The Morgan fingerprint density at radius 2 is 1.65 bits per heavy atom. The van der Waals surface area contributed by atoms with Crippen molar-refractivity contribution in [3.8, 4) is 17.2 Å². The zero-order chi connectivity index (χ0) is 38.3. The number of hydrogen-bond acceptors (Lipinski definition) is 19. The first-order chi connectivity index (χ1) is 23.9. The van der Waals surface area contributed by atoms with Gasteiger partial charge in [0, 0.05) is 19.8 Å². The van der Waals surface area contributed by atoms with Gasteiger partial charge in [0.2, 0.25) is 12.0 Å². The minimum atomic E-state index is -2.47. The van der Waals surface area contributed by atoms with Crippen LogP contribution in [0.1, 0.15) is 45.1 Å². The van der Waals surface area contributed by atoms with E-state index in [4.69, 9.17) is 28.4 Å². The van der Waals surface area contributed by atoms with E-state index in [1.165, 1.54) is 38.3 Å². The molecule has 1 aliphatic heterocycles. The summed E-state index contributed by atoms with van der Waals surface area (Å²) < 4.78 is 36.2. The van der Waals surface area contributed by atoms with Gasteiger partial charge in [-0.15, -0.1) is 0 Å². The third-order valence-electron chi connectivity index (χ3n) is 8.17. The van der Waals surface area contributed by atoms with Crippen molar-refractivity contribution in [2.45, 2.75) is 99.8 Å². The minimum Gasteiger partial charge on any atom is -0.504 e. The summed E-state index contributed by atoms with van der Waals surface area (Å²) in [6.45, 7) is 1.19. The number of aliphatic hydroxyl groups excluding tert-OH is 6. The monoisotopic (exact) mass is 732 g/mol. The molecule has 1 aromatic carbocycles. The van der Waals surface area contributed by atoms with Crippen molar-refractivity contribution in [2.75, 3.05) is 27.4 Å². The minimum absolute atomic E-state index is 0.0511. The Bertz CT molecular complexity index is 1430. The van der Waals surface area contributed by atoms with Crippen molar-refractivity contribution < 1.29 is 93.2 Å². The number of methoxy groups -OCH3 is 2. The Kier molecular flexibility index (Phi) is 14.1. The molecule has 19 heteroatoms. The van der Waals surface area contributed by atoms with Crippen molar-refractivity contribution in [1.82, 2.24) is 0 Å². The quantitative estimate of drug-likeness (QED) is 0.0728. The second-order valence-electron chi connectivity index (χ2n) is 12.4. The maximum absolute atomic E-state index is 13.2. The van der Waals surface area contributed by atoms with Gasteiger partial charge in [0.1, 0.15) is 48.8 Å². The number of aromatic hydroxyl groups is 1. The number of carbonyl (C=O) groups is 4. The van der Waals surface area contributed by atoms with Crippen molar-refractivity contribution >= 4 is 30.0 Å². The second-order valence-corrected chi connectivity index (χ2v) is 12.4. The molecule has 19 nitrogen and oxygen atoms in total. The number of hydrogen-bond donors (Lipinski definition) is 8. The van der Waals surface area contributed by atoms with Crippen LogP contribution in [0.4, 0.5) is 0 Å². The molecular weight excluding hydrogens is 688 g/mol. The summed E-state index contributed by atoms with van der Waals surface area (Å²) in [5, 5.41) is 81.7. The Hall–Kier alpha value is -4.08. The maximum atomic E-state index is 13.2. The fourth-order valence-corrected chi connectivity index (χ4v) is 5.51. The van der Waals surface area contributed by atoms with Crippen LogP contribution in [0, 0.1) is 0 Å². The largest absolute Gasteiger partial charge is 0.504 e. The van der Waals surface area contributed by atoms with E-state index in [0.717, 1.165) is 14.0 Å². The summed E-state index contributed by atoms with van der Waals surface area (Å²) in [5.41, 5.74) is -4.08. The molecule has 0 aromatic heterocycles. The number of rotatable bonds is 14. The molecule has 1 aromatic rings. The van der Waals surface area contributed by atoms with Crippen molar-refractivity contribution in [3.63, 3.8) is 0 Å². The molecule has 3 rings (SSSR count). The lowest BCUT2D eigenvalue weighted by molar-refractivity contribution is -0.277. The van der Waals surface area contributed by atoms with Gasteiger partial charge in [-0.1, -0.05) is 6.08 Å². The van der Waals surface area contributed by atoms with Crippen LogP contribution in [0.5, 0.6) is 17.2 Å². The van der Waals surface area contributed by atoms with Crippen LogP contribution in [-0.4, -0.2) is 152 Å². The number of ether oxygens (including phenoxy) is 7. The van der Waals surface area contributed by atoms with E-state index < -0.39 is 122 Å². The SMILES string of the molecule is COC(=O)CC(C)(CC(=O)OCC=Cc1cc(O)c(OC2OC(CO)C(O)C(O)C2O)c(OC)c1)OC(=O)C1(O)CC(O)C(O)C(OC(C)=O)C1. The number of aliphatic hydroxyl groups is 7. The Balaban J connectivity index is 1.67. The highest BCUT2D eigenvalue weighted by molar-refractivity contribution is 5.82. The van der Waals surface area contributed by atoms with Crippen LogP contribution in [0.15, 0.2) is 18.2 Å². The van der Waals surface area contributed by atoms with E-state index in [1.54, 1.807) is 0 Å². The summed E-state index contributed by atoms with van der Waals surface area (Å²) in [7, 11) is 2.31. The highest BCUT2D eigenvalue weighted by Gasteiger charge is 2.53. The van der Waals surface area contributed by atoms with Gasteiger partial charge in [0.05, 0.1) is 39.8 Å². The third-order valence-corrected chi connectivity index (χ3v) is 8.17. The number of phenolic OH excluding ortho intramolecular Hbond substituents is 1. The van der Waals surface area contributed by atoms with Crippen LogP contribution in [0.2, 0.25) is 0 Å². The second kappa shape index (κ2) is 17.4. The van der Waals surface area contributed by atoms with Gasteiger partial charge < -0.3 is 74.0 Å². The van der Waals surface area contributed by atoms with Gasteiger partial charge in [-0.3, -0.25) is 14.4 Å². The molecule has 0 radical (unpaired) electrons. The van der Waals surface area contributed by atoms with Crippen molar-refractivity contribution in [3.05, 3.63) is 23.8 Å². The van der Waals surface area contributed by atoms with Crippen LogP contribution in [0.25, 0.3) is 6.08 Å². The molecule has 51 heavy (non-hydrogen) atoms. The summed E-state index contributed by atoms with van der Waals surface area (Å²) in [6.07, 6.45) is -12.6. The van der Waals surface area contributed by atoms with Crippen LogP contribution < -0.4 is 9.47 Å². The third kappa shape index (κ3) is 10.5. The molecule has 0 bridgehead atoms. The average molecular weight is 733 g/mol. The van der Waals surface area contributed by atoms with E-state index in [-0.39, 0.29) is 18.1 Å². The van der Waals surface area contributed by atoms with Gasteiger partial charge in [-0.25, -0.2) is 4.79 Å². The van der Waals surface area contributed by atoms with Gasteiger partial charge in [0.15, 0.2) is 17.1 Å². The Labute approximate surface area is 291 Å². The zero-order valence-corrected chi connectivity index (χ0v) is 28.2. The Morgan fingerprint density at radius 3 is 2.25 bits per heavy atom. The molecule has 8 N–H and O–H groups in total. The van der Waals surface area contributed by atoms with Crippen LogP contribution in [0.3, 0.4) is 0 Å². The molecule has 10 atom stereocenters. The summed E-state index contributed by atoms with van der Waals surface area (Å²) in [6, 6.07) is 2.60. The lowest BCUT2D eigenvalue weighted by Gasteiger charge is -2.41. The highest BCUT2D eigenvalue weighted by atomic mass is 16.7. The number of benzene rings is 1. The van der Waals surface area contributed by atoms with E-state index in [9.17, 15) is 60.0 Å². The first-order valence-corrected chi connectivity index (χ1v) is 15.6. The Morgan fingerprint density at radius 1 is 0.980 bits per heavy atom. The smallest absolute Gasteiger partial charge is 0.338 e. The molecule has 2 fully saturated rings. The lowest BCUT2D eigenvalue weighted by Crippen LogP contribution is -2.60. The normalized spacial score (nSPS) is 30.5. The summed E-state index contributed by atoms with van der Waals surface area (Å²) >= 11 is 0. The average Bonchev–Trinajstić information content (AvgIpc) is 3.05. The molecule has 2 aliphatic rings. The summed E-state index contributed by atoms with van der Waals surface area (Å²) in [5.74, 6) is -4.88. The van der Waals surface area contributed by atoms with Crippen LogP contribution in [-0.2, 0) is 42.9 Å². The highest BCUT2D eigenvalue weighted by Crippen LogP contribution is 2.40. The predicted octanol–water partition coefficient (Wildman–Crippen LogP) is -2.43. The first kappa shape index (κ1) is 41.3. The molecule has 286 valence electrons. The first-order valence-electron chi connectivity index (χ1n) is 15.6. The molecule has 1 saturated heterocycles. The molecule has 1 saturated carbocycles. The van der Waals surface area contributed by atoms with E-state index in [2.05, 4.69) is 4.74 Å². The van der Waals surface area contributed by atoms with Gasteiger partial charge >= 0.3 is 23.9 Å². The standard InChI is InChI=1S/C32H44O19/c1-15(34)48-20-11-32(44,10-18(36)24(20)39)30(43)51-31(2,12-22(37)46-4)13-23(38)47-7-5-6-16-8-17(35)28(19(9-16)45-3)50-29-27(42)26(41)25(40)21(14-33)49-29/h5-6,8-9,18,20-21,24-27,29,33,35-36,39-42,44H,7,10-14H2,1-4H3. The van der Waals surface area contributed by atoms with E-state index >= 15 is 0 Å². The van der Waals surface area contributed by atoms with Crippen molar-refractivity contribution in [1.29, 1.82) is 0 Å². The molecule has 0 spiro atoms. The van der Waals surface area contributed by atoms with E-state index in [1.807, 2.05) is 0 Å². The van der Waals surface area contributed by atoms with E-state index in [0.29, 0.717) is 5.56 Å². The topological polar surface area (TPSA) is 295 Å². The van der Waals surface area contributed by atoms with Gasteiger partial charge in [0.25, 0.3) is 0 Å². The lowest BCUT2D eigenvalue weighted by atomic mass is 9.79. The van der Waals surface area contributed by atoms with Gasteiger partial charge in [-0.2, -0.15) is 0 Å². The van der Waals surface area contributed by atoms with Gasteiger partial charge in [-0.05, 0) is 30.7 Å². The molecule has 1 heterocycles. The molecule has 0 amide bonds. The van der Waals surface area contributed by atoms with Crippen molar-refractivity contribution in [2.24, 2.45) is 0 Å². The molecule has 10 unspecified atom stereocenters. The predicted molar refractivity (Wildman–Crippen MR) is 167 cm³/mol. The maximum Gasteiger partial charge on any atom is 0.338 e. The summed E-state index contributed by atoms with van der Waals surface area (Å²) in [4.78, 5) is 49.6. The molecule has 1 aliphatic carbocycles. The fourth-order valence-electron chi connectivity index (χ4n) is 5.51. The fraction of sp³-hybridized carbons (Fsp3) is 0.625. The number of esters is 4. The zero-order valence-electron chi connectivity index (χ0n) is 28.2. The number of phenols is 1.